The topological polar surface area (TPSA) is 80.1 Å². The molecular formula is C21H22N2O5S. The summed E-state index contributed by atoms with van der Waals surface area (Å²) in [6.07, 6.45) is 0. The van der Waals surface area contributed by atoms with Gasteiger partial charge in [-0.15, -0.1) is 0 Å². The zero-order valence-corrected chi connectivity index (χ0v) is 16.9. The predicted molar refractivity (Wildman–Crippen MR) is 111 cm³/mol. The van der Waals surface area contributed by atoms with Crippen LogP contribution in [-0.2, 0) is 10.0 Å². The van der Waals surface area contributed by atoms with E-state index in [1.54, 1.807) is 12.1 Å². The van der Waals surface area contributed by atoms with Gasteiger partial charge in [-0.2, -0.15) is 4.31 Å². The van der Waals surface area contributed by atoms with Crippen LogP contribution in [0.1, 0.15) is 6.92 Å². The largest absolute Gasteiger partial charge is 0.492 e. The van der Waals surface area contributed by atoms with E-state index < -0.39 is 15.6 Å². The first-order chi connectivity index (χ1) is 14.0. The minimum absolute atomic E-state index is 0.196. The van der Waals surface area contributed by atoms with Gasteiger partial charge in [-0.05, 0) is 43.3 Å². The molecule has 1 aliphatic heterocycles. The Labute approximate surface area is 169 Å². The van der Waals surface area contributed by atoms with Crippen molar-refractivity contribution in [1.82, 2.24) is 4.31 Å². The lowest BCUT2D eigenvalue weighted by atomic mass is 10.2. The highest BCUT2D eigenvalue weighted by Crippen LogP contribution is 2.30. The number of sulfonamides is 1. The number of nitrogens with zero attached hydrogens (tertiary/aromatic N) is 2. The zero-order chi connectivity index (χ0) is 20.4. The van der Waals surface area contributed by atoms with Gasteiger partial charge in [0.05, 0.1) is 17.2 Å². The van der Waals surface area contributed by atoms with Gasteiger partial charge in [0.15, 0.2) is 0 Å². The van der Waals surface area contributed by atoms with Crippen LogP contribution in [0, 0.1) is 0 Å². The Morgan fingerprint density at radius 3 is 2.52 bits per heavy atom. The molecule has 8 heteroatoms. The smallest absolute Gasteiger partial charge is 0.336 e. The van der Waals surface area contributed by atoms with E-state index in [0.717, 1.165) is 11.4 Å². The fourth-order valence-electron chi connectivity index (χ4n) is 3.52. The summed E-state index contributed by atoms with van der Waals surface area (Å²) in [5, 5.41) is 0.579. The highest BCUT2D eigenvalue weighted by Gasteiger charge is 2.29. The average molecular weight is 414 g/mol. The van der Waals surface area contributed by atoms with Crippen molar-refractivity contribution in [1.29, 1.82) is 0 Å². The average Bonchev–Trinajstić information content (AvgIpc) is 2.74. The molecule has 29 heavy (non-hydrogen) atoms. The molecule has 0 saturated carbocycles. The number of fused-ring (bicyclic) bond motifs is 1. The maximum Gasteiger partial charge on any atom is 0.336 e. The summed E-state index contributed by atoms with van der Waals surface area (Å²) in [5.41, 5.74) is 0.887. The SMILES string of the molecule is CCOc1ccccc1N1CCN(S(=O)(=O)c2ccc3oc(=O)ccc3c2)CC1. The Hall–Kier alpha value is -2.84. The summed E-state index contributed by atoms with van der Waals surface area (Å²) < 4.78 is 38.5. The van der Waals surface area contributed by atoms with E-state index in [4.69, 9.17) is 9.15 Å². The number of ether oxygens (including phenoxy) is 1. The van der Waals surface area contributed by atoms with Gasteiger partial charge >= 0.3 is 5.63 Å². The van der Waals surface area contributed by atoms with Crippen LogP contribution in [0.2, 0.25) is 0 Å². The van der Waals surface area contributed by atoms with E-state index >= 15 is 0 Å². The third kappa shape index (κ3) is 3.86. The molecule has 7 nitrogen and oxygen atoms in total. The van der Waals surface area contributed by atoms with E-state index in [1.165, 1.54) is 22.5 Å². The summed E-state index contributed by atoms with van der Waals surface area (Å²) in [4.78, 5) is 13.7. The van der Waals surface area contributed by atoms with Crippen LogP contribution in [0.15, 0.2) is 68.7 Å². The maximum absolute atomic E-state index is 13.1. The van der Waals surface area contributed by atoms with Crippen LogP contribution in [0.4, 0.5) is 5.69 Å². The minimum Gasteiger partial charge on any atom is -0.492 e. The lowest BCUT2D eigenvalue weighted by Gasteiger charge is -2.36. The third-order valence-electron chi connectivity index (χ3n) is 4.97. The van der Waals surface area contributed by atoms with E-state index in [-0.39, 0.29) is 4.90 Å². The summed E-state index contributed by atoms with van der Waals surface area (Å²) >= 11 is 0. The highest BCUT2D eigenvalue weighted by atomic mass is 32.2. The number of hydrogen-bond acceptors (Lipinski definition) is 6. The van der Waals surface area contributed by atoms with Crippen molar-refractivity contribution in [3.63, 3.8) is 0 Å². The minimum atomic E-state index is -3.63. The molecule has 4 rings (SSSR count). The first kappa shape index (κ1) is 19.5. The van der Waals surface area contributed by atoms with Crippen molar-refractivity contribution in [3.8, 4) is 5.75 Å². The molecule has 152 valence electrons. The highest BCUT2D eigenvalue weighted by molar-refractivity contribution is 7.89. The second-order valence-corrected chi connectivity index (χ2v) is 8.68. The van der Waals surface area contributed by atoms with E-state index in [1.807, 2.05) is 31.2 Å². The van der Waals surface area contributed by atoms with Gasteiger partial charge in [-0.1, -0.05) is 12.1 Å². The van der Waals surface area contributed by atoms with Crippen molar-refractivity contribution in [3.05, 3.63) is 65.0 Å². The van der Waals surface area contributed by atoms with Crippen LogP contribution in [0.5, 0.6) is 5.75 Å². The number of hydrogen-bond donors (Lipinski definition) is 0. The zero-order valence-electron chi connectivity index (χ0n) is 16.1. The molecule has 2 heterocycles. The van der Waals surface area contributed by atoms with E-state index in [9.17, 15) is 13.2 Å². The van der Waals surface area contributed by atoms with Crippen molar-refractivity contribution in [2.75, 3.05) is 37.7 Å². The van der Waals surface area contributed by atoms with Gasteiger partial charge in [0.1, 0.15) is 11.3 Å². The molecule has 1 aliphatic rings. The second kappa shape index (κ2) is 7.88. The maximum atomic E-state index is 13.1. The molecular weight excluding hydrogens is 392 g/mol. The first-order valence-corrected chi connectivity index (χ1v) is 10.9. The van der Waals surface area contributed by atoms with Crippen LogP contribution in [0.25, 0.3) is 11.0 Å². The molecule has 0 spiro atoms. The standard InChI is InChI=1S/C21H22N2O5S/c1-2-27-20-6-4-3-5-18(20)22-11-13-23(14-12-22)29(25,26)17-8-9-19-16(15-17)7-10-21(24)28-19/h3-10,15H,2,11-14H2,1H3. The molecule has 3 aromatic rings. The van der Waals surface area contributed by atoms with Gasteiger partial charge in [0.2, 0.25) is 10.0 Å². The second-order valence-electron chi connectivity index (χ2n) is 6.75. The van der Waals surface area contributed by atoms with Crippen molar-refractivity contribution < 1.29 is 17.6 Å². The molecule has 1 fully saturated rings. The molecule has 0 N–H and O–H groups in total. The first-order valence-electron chi connectivity index (χ1n) is 9.50. The van der Waals surface area contributed by atoms with Crippen LogP contribution in [0.3, 0.4) is 0 Å². The number of para-hydroxylation sites is 2. The molecule has 0 bridgehead atoms. The predicted octanol–water partition coefficient (Wildman–Crippen LogP) is 2.70. The fourth-order valence-corrected chi connectivity index (χ4v) is 4.98. The monoisotopic (exact) mass is 414 g/mol. The van der Waals surface area contributed by atoms with E-state index in [0.29, 0.717) is 43.8 Å². The normalized spacial score (nSPS) is 15.6. The lowest BCUT2D eigenvalue weighted by molar-refractivity contribution is 0.337. The summed E-state index contributed by atoms with van der Waals surface area (Å²) in [7, 11) is -3.63. The van der Waals surface area contributed by atoms with Crippen molar-refractivity contribution >= 4 is 26.7 Å². The van der Waals surface area contributed by atoms with Crippen molar-refractivity contribution in [2.45, 2.75) is 11.8 Å². The molecule has 1 saturated heterocycles. The molecule has 0 radical (unpaired) electrons. The number of piperazine rings is 1. The van der Waals surface area contributed by atoms with Crippen molar-refractivity contribution in [2.24, 2.45) is 0 Å². The Morgan fingerprint density at radius 2 is 1.76 bits per heavy atom. The van der Waals surface area contributed by atoms with Gasteiger partial charge in [-0.3, -0.25) is 0 Å². The van der Waals surface area contributed by atoms with Crippen LogP contribution < -0.4 is 15.3 Å². The molecule has 1 aromatic heterocycles. The Balaban J connectivity index is 1.53. The quantitative estimate of drug-likeness (QED) is 0.597. The van der Waals surface area contributed by atoms with Gasteiger partial charge < -0.3 is 14.1 Å². The van der Waals surface area contributed by atoms with Gasteiger partial charge in [0, 0.05) is 37.6 Å². The Kier molecular flexibility index (Phi) is 5.29. The molecule has 0 amide bonds. The summed E-state index contributed by atoms with van der Waals surface area (Å²) in [6.45, 7) is 4.43. The molecule has 0 unspecified atom stereocenters. The van der Waals surface area contributed by atoms with Crippen LogP contribution in [-0.4, -0.2) is 45.5 Å². The number of rotatable bonds is 5. The number of benzene rings is 2. The molecule has 2 aromatic carbocycles. The lowest BCUT2D eigenvalue weighted by Crippen LogP contribution is -2.48. The third-order valence-corrected chi connectivity index (χ3v) is 6.87. The molecule has 0 aliphatic carbocycles. The Morgan fingerprint density at radius 1 is 1.00 bits per heavy atom. The molecule has 0 atom stereocenters. The van der Waals surface area contributed by atoms with Gasteiger partial charge in [-0.25, -0.2) is 13.2 Å². The Bertz CT molecular complexity index is 1180. The van der Waals surface area contributed by atoms with Gasteiger partial charge in [0.25, 0.3) is 0 Å². The van der Waals surface area contributed by atoms with E-state index in [2.05, 4.69) is 4.90 Å². The van der Waals surface area contributed by atoms with Crippen LogP contribution >= 0.6 is 0 Å². The summed E-state index contributed by atoms with van der Waals surface area (Å²) in [5.74, 6) is 0.808. The summed E-state index contributed by atoms with van der Waals surface area (Å²) in [6, 6.07) is 15.2. The fraction of sp³-hybridized carbons (Fsp3) is 0.286. The number of anilines is 1.